The van der Waals surface area contributed by atoms with E-state index in [4.69, 9.17) is 24.3 Å². The molecule has 1 aliphatic rings. The molecule has 9 nitrogen and oxygen atoms in total. The standard InChI is InChI=1S/C29H29N5O4/c1-17-11-13-19(14-12-17)27-32-29-30-18(2)25(28(35)31-20-9-7-6-8-10-20)26(34(29)33-27)21-15-23(37-4)24(38-5)16-22(21)36-3/h6-16,26H,1-5H3,(H,31,35)(H,30,32,33). The first kappa shape index (κ1) is 24.9. The normalized spacial score (nSPS) is 14.4. The van der Waals surface area contributed by atoms with Crippen LogP contribution in [0.3, 0.4) is 0 Å². The summed E-state index contributed by atoms with van der Waals surface area (Å²) in [6, 6.07) is 20.2. The first-order chi connectivity index (χ1) is 18.4. The second-order valence-corrected chi connectivity index (χ2v) is 8.91. The number of aryl methyl sites for hydroxylation is 1. The molecule has 194 valence electrons. The number of nitrogens with zero attached hydrogens (tertiary/aromatic N) is 3. The number of aromatic nitrogens is 3. The molecule has 0 spiro atoms. The Labute approximate surface area is 221 Å². The predicted octanol–water partition coefficient (Wildman–Crippen LogP) is 5.21. The van der Waals surface area contributed by atoms with Crippen molar-refractivity contribution in [1.82, 2.24) is 14.8 Å². The van der Waals surface area contributed by atoms with Crippen LogP contribution in [-0.4, -0.2) is 42.0 Å². The molecule has 4 aromatic rings. The van der Waals surface area contributed by atoms with Crippen molar-refractivity contribution in [1.29, 1.82) is 0 Å². The Bertz CT molecular complexity index is 1510. The number of carbonyl (C=O) groups excluding carboxylic acids is 1. The van der Waals surface area contributed by atoms with Crippen molar-refractivity contribution in [2.45, 2.75) is 19.9 Å². The molecule has 1 amide bonds. The fourth-order valence-corrected chi connectivity index (χ4v) is 4.54. The number of allylic oxidation sites excluding steroid dienone is 1. The maximum absolute atomic E-state index is 13.8. The number of ether oxygens (including phenoxy) is 3. The largest absolute Gasteiger partial charge is 0.496 e. The fourth-order valence-electron chi connectivity index (χ4n) is 4.54. The van der Waals surface area contributed by atoms with Gasteiger partial charge in [0.2, 0.25) is 5.95 Å². The molecule has 3 aromatic carbocycles. The second kappa shape index (κ2) is 10.3. The van der Waals surface area contributed by atoms with E-state index in [1.54, 1.807) is 32.1 Å². The van der Waals surface area contributed by atoms with E-state index in [1.165, 1.54) is 0 Å². The number of amides is 1. The Morgan fingerprint density at radius 2 is 1.55 bits per heavy atom. The summed E-state index contributed by atoms with van der Waals surface area (Å²) < 4.78 is 18.6. The monoisotopic (exact) mass is 511 g/mol. The summed E-state index contributed by atoms with van der Waals surface area (Å²) in [7, 11) is 4.71. The number of hydrogen-bond acceptors (Lipinski definition) is 7. The van der Waals surface area contributed by atoms with Crippen LogP contribution in [0.15, 0.2) is 78.0 Å². The zero-order valence-electron chi connectivity index (χ0n) is 21.9. The van der Waals surface area contributed by atoms with Crippen molar-refractivity contribution < 1.29 is 19.0 Å². The van der Waals surface area contributed by atoms with Gasteiger partial charge in [-0.2, -0.15) is 4.98 Å². The number of hydrogen-bond donors (Lipinski definition) is 2. The van der Waals surface area contributed by atoms with Crippen LogP contribution in [0.4, 0.5) is 11.6 Å². The van der Waals surface area contributed by atoms with Crippen LogP contribution < -0.4 is 24.8 Å². The molecule has 0 aliphatic carbocycles. The van der Waals surface area contributed by atoms with Crippen molar-refractivity contribution in [3.05, 3.63) is 89.1 Å². The predicted molar refractivity (Wildman–Crippen MR) is 146 cm³/mol. The topological polar surface area (TPSA) is 99.5 Å². The Morgan fingerprint density at radius 1 is 0.895 bits per heavy atom. The van der Waals surface area contributed by atoms with Crippen LogP contribution in [0.5, 0.6) is 17.2 Å². The summed E-state index contributed by atoms with van der Waals surface area (Å²) in [6.45, 7) is 3.88. The number of benzene rings is 3. The van der Waals surface area contributed by atoms with E-state index >= 15 is 0 Å². The molecule has 2 heterocycles. The van der Waals surface area contributed by atoms with Gasteiger partial charge in [-0.1, -0.05) is 48.0 Å². The first-order valence-corrected chi connectivity index (χ1v) is 12.1. The van der Waals surface area contributed by atoms with Crippen LogP contribution in [0.25, 0.3) is 11.4 Å². The van der Waals surface area contributed by atoms with E-state index in [2.05, 4.69) is 10.6 Å². The van der Waals surface area contributed by atoms with Gasteiger partial charge in [0.1, 0.15) is 11.8 Å². The average Bonchev–Trinajstić information content (AvgIpc) is 3.35. The lowest BCUT2D eigenvalue weighted by atomic mass is 9.93. The van der Waals surface area contributed by atoms with Crippen LogP contribution in [0, 0.1) is 6.92 Å². The van der Waals surface area contributed by atoms with Gasteiger partial charge in [0.05, 0.1) is 26.9 Å². The van der Waals surface area contributed by atoms with E-state index in [0.717, 1.165) is 11.1 Å². The molecule has 0 bridgehead atoms. The Hall–Kier alpha value is -4.79. The van der Waals surface area contributed by atoms with Crippen molar-refractivity contribution in [3.63, 3.8) is 0 Å². The van der Waals surface area contributed by atoms with Gasteiger partial charge in [0.15, 0.2) is 17.3 Å². The smallest absolute Gasteiger partial charge is 0.255 e. The van der Waals surface area contributed by atoms with E-state index in [9.17, 15) is 4.79 Å². The summed E-state index contributed by atoms with van der Waals surface area (Å²) in [6.07, 6.45) is 0. The number of nitrogens with one attached hydrogen (secondary N) is 2. The highest BCUT2D eigenvalue weighted by molar-refractivity contribution is 6.06. The van der Waals surface area contributed by atoms with Crippen LogP contribution >= 0.6 is 0 Å². The van der Waals surface area contributed by atoms with Gasteiger partial charge in [0, 0.05) is 28.6 Å². The lowest BCUT2D eigenvalue weighted by Gasteiger charge is -2.30. The Kier molecular flexibility index (Phi) is 6.74. The lowest BCUT2D eigenvalue weighted by Crippen LogP contribution is -2.31. The molecule has 0 saturated heterocycles. The van der Waals surface area contributed by atoms with Gasteiger partial charge in [-0.15, -0.1) is 5.10 Å². The van der Waals surface area contributed by atoms with Gasteiger partial charge in [-0.3, -0.25) is 4.79 Å². The third-order valence-corrected chi connectivity index (χ3v) is 6.47. The fraction of sp³-hybridized carbons (Fsp3) is 0.207. The Morgan fingerprint density at radius 3 is 2.21 bits per heavy atom. The lowest BCUT2D eigenvalue weighted by molar-refractivity contribution is -0.113. The molecule has 9 heteroatoms. The molecule has 1 unspecified atom stereocenters. The van der Waals surface area contributed by atoms with Gasteiger partial charge in [-0.05, 0) is 32.0 Å². The highest BCUT2D eigenvalue weighted by Crippen LogP contribution is 2.44. The molecule has 1 aromatic heterocycles. The van der Waals surface area contributed by atoms with E-state index in [1.807, 2.05) is 74.5 Å². The molecule has 38 heavy (non-hydrogen) atoms. The van der Waals surface area contributed by atoms with Crippen LogP contribution in [-0.2, 0) is 4.79 Å². The van der Waals surface area contributed by atoms with E-state index in [0.29, 0.717) is 51.5 Å². The highest BCUT2D eigenvalue weighted by atomic mass is 16.5. The van der Waals surface area contributed by atoms with Crippen molar-refractivity contribution in [3.8, 4) is 28.6 Å². The van der Waals surface area contributed by atoms with Gasteiger partial charge in [0.25, 0.3) is 5.91 Å². The minimum absolute atomic E-state index is 0.277. The summed E-state index contributed by atoms with van der Waals surface area (Å²) >= 11 is 0. The quantitative estimate of drug-likeness (QED) is 0.352. The first-order valence-electron chi connectivity index (χ1n) is 12.1. The van der Waals surface area contributed by atoms with Gasteiger partial charge >= 0.3 is 0 Å². The molecule has 0 saturated carbocycles. The minimum Gasteiger partial charge on any atom is -0.496 e. The molecule has 1 aliphatic heterocycles. The number of carbonyl (C=O) groups is 1. The summed E-state index contributed by atoms with van der Waals surface area (Å²) in [4.78, 5) is 18.6. The molecule has 2 N–H and O–H groups in total. The third kappa shape index (κ3) is 4.54. The average molecular weight is 512 g/mol. The van der Waals surface area contributed by atoms with Crippen LogP contribution in [0.1, 0.15) is 24.1 Å². The van der Waals surface area contributed by atoms with Gasteiger partial charge in [-0.25, -0.2) is 4.68 Å². The van der Waals surface area contributed by atoms with Crippen LogP contribution in [0.2, 0.25) is 0 Å². The minimum atomic E-state index is -0.670. The number of fused-ring (bicyclic) bond motifs is 1. The number of rotatable bonds is 7. The highest BCUT2D eigenvalue weighted by Gasteiger charge is 2.37. The number of methoxy groups -OCH3 is 3. The van der Waals surface area contributed by atoms with Crippen molar-refractivity contribution >= 4 is 17.5 Å². The number of anilines is 2. The molecule has 5 rings (SSSR count). The third-order valence-electron chi connectivity index (χ3n) is 6.47. The summed E-state index contributed by atoms with van der Waals surface area (Å²) in [5, 5.41) is 11.1. The maximum atomic E-state index is 13.8. The molecule has 1 atom stereocenters. The number of para-hydroxylation sites is 1. The molecular formula is C29H29N5O4. The second-order valence-electron chi connectivity index (χ2n) is 8.91. The SMILES string of the molecule is COc1cc(OC)c(C2C(C(=O)Nc3ccccc3)=C(C)Nc3nc(-c4ccc(C)cc4)nn32)cc1OC. The van der Waals surface area contributed by atoms with E-state index < -0.39 is 6.04 Å². The van der Waals surface area contributed by atoms with E-state index in [-0.39, 0.29) is 5.91 Å². The zero-order chi connectivity index (χ0) is 26.8. The zero-order valence-corrected chi connectivity index (χ0v) is 21.9. The summed E-state index contributed by atoms with van der Waals surface area (Å²) in [5.41, 5.74) is 4.47. The molecular weight excluding hydrogens is 482 g/mol. The molecule has 0 radical (unpaired) electrons. The van der Waals surface area contributed by atoms with Crippen molar-refractivity contribution in [2.24, 2.45) is 0 Å². The van der Waals surface area contributed by atoms with Crippen molar-refractivity contribution in [2.75, 3.05) is 32.0 Å². The summed E-state index contributed by atoms with van der Waals surface area (Å²) in [5.74, 6) is 2.30. The maximum Gasteiger partial charge on any atom is 0.255 e. The Balaban J connectivity index is 1.69. The van der Waals surface area contributed by atoms with Gasteiger partial charge < -0.3 is 24.8 Å². The molecule has 0 fully saturated rings.